The second-order valence-corrected chi connectivity index (χ2v) is 5.45. The quantitative estimate of drug-likeness (QED) is 0.755. The number of carbonyl (C=O) groups excluding carboxylic acids is 2. The second kappa shape index (κ2) is 8.51. The third kappa shape index (κ3) is 5.13. The van der Waals surface area contributed by atoms with Crippen molar-refractivity contribution in [2.45, 2.75) is 6.54 Å². The summed E-state index contributed by atoms with van der Waals surface area (Å²) in [5.74, 6) is 0.148. The van der Waals surface area contributed by atoms with Gasteiger partial charge in [0, 0.05) is 32.7 Å². The molecule has 1 saturated heterocycles. The molecule has 1 aliphatic heterocycles. The Hall–Kier alpha value is -1.92. The average molecular weight is 304 g/mol. The predicted molar refractivity (Wildman–Crippen MR) is 85.2 cm³/mol. The largest absolute Gasteiger partial charge is 0.351 e. The summed E-state index contributed by atoms with van der Waals surface area (Å²) in [7, 11) is 1.77. The van der Waals surface area contributed by atoms with E-state index >= 15 is 0 Å². The van der Waals surface area contributed by atoms with Crippen molar-refractivity contribution >= 4 is 11.8 Å². The molecule has 2 amide bonds. The molecule has 0 atom stereocenters. The van der Waals surface area contributed by atoms with Crippen LogP contribution >= 0.6 is 0 Å². The molecule has 0 unspecified atom stereocenters. The molecule has 0 aliphatic carbocycles. The van der Waals surface area contributed by atoms with Crippen LogP contribution in [0.3, 0.4) is 0 Å². The van der Waals surface area contributed by atoms with Gasteiger partial charge in [0.15, 0.2) is 0 Å². The zero-order chi connectivity index (χ0) is 15.8. The molecule has 2 N–H and O–H groups in total. The van der Waals surface area contributed by atoms with Crippen molar-refractivity contribution < 1.29 is 9.59 Å². The highest BCUT2D eigenvalue weighted by Gasteiger charge is 2.21. The average Bonchev–Trinajstić information content (AvgIpc) is 2.55. The number of hydrogen-bond donors (Lipinski definition) is 2. The van der Waals surface area contributed by atoms with Crippen molar-refractivity contribution in [3.63, 3.8) is 0 Å². The Balaban J connectivity index is 1.67. The van der Waals surface area contributed by atoms with Gasteiger partial charge in [-0.05, 0) is 12.6 Å². The van der Waals surface area contributed by atoms with Crippen LogP contribution in [0, 0.1) is 0 Å². The summed E-state index contributed by atoms with van der Waals surface area (Å²) >= 11 is 0. The summed E-state index contributed by atoms with van der Waals surface area (Å²) < 4.78 is 0. The minimum atomic E-state index is 0.0267. The Morgan fingerprint density at radius 2 is 1.77 bits per heavy atom. The first-order valence-corrected chi connectivity index (χ1v) is 7.64. The minimum absolute atomic E-state index is 0.0267. The number of carbonyl (C=O) groups is 2. The van der Waals surface area contributed by atoms with Crippen LogP contribution < -0.4 is 10.6 Å². The smallest absolute Gasteiger partial charge is 0.236 e. The molecule has 6 nitrogen and oxygen atoms in total. The maximum Gasteiger partial charge on any atom is 0.236 e. The molecule has 6 heteroatoms. The number of likely N-dealkylation sites (N-methyl/N-ethyl adjacent to an activating group) is 1. The molecule has 1 aliphatic rings. The van der Waals surface area contributed by atoms with Crippen molar-refractivity contribution in [3.8, 4) is 0 Å². The van der Waals surface area contributed by atoms with Crippen LogP contribution in [-0.2, 0) is 16.1 Å². The second-order valence-electron chi connectivity index (χ2n) is 5.45. The molecule has 1 heterocycles. The van der Waals surface area contributed by atoms with Crippen LogP contribution in [0.15, 0.2) is 30.3 Å². The summed E-state index contributed by atoms with van der Waals surface area (Å²) in [6, 6.07) is 9.87. The fraction of sp³-hybridized carbons (Fsp3) is 0.500. The Morgan fingerprint density at radius 1 is 1.09 bits per heavy atom. The zero-order valence-corrected chi connectivity index (χ0v) is 13.0. The summed E-state index contributed by atoms with van der Waals surface area (Å²) in [4.78, 5) is 27.6. The lowest BCUT2D eigenvalue weighted by Gasteiger charge is -2.34. The van der Waals surface area contributed by atoms with Crippen LogP contribution in [0.25, 0.3) is 0 Å². The van der Waals surface area contributed by atoms with Gasteiger partial charge < -0.3 is 15.5 Å². The van der Waals surface area contributed by atoms with Gasteiger partial charge in [-0.15, -0.1) is 0 Å². The molecule has 0 aromatic heterocycles. The van der Waals surface area contributed by atoms with Crippen LogP contribution in [-0.4, -0.2) is 67.9 Å². The Bertz CT molecular complexity index is 484. The Morgan fingerprint density at radius 3 is 2.41 bits per heavy atom. The fourth-order valence-electron chi connectivity index (χ4n) is 2.47. The fourth-order valence-corrected chi connectivity index (χ4v) is 2.47. The van der Waals surface area contributed by atoms with E-state index in [4.69, 9.17) is 0 Å². The van der Waals surface area contributed by atoms with Crippen LogP contribution in [0.1, 0.15) is 5.56 Å². The van der Waals surface area contributed by atoms with Crippen LogP contribution in [0.4, 0.5) is 0 Å². The SMILES string of the molecule is CNCC(=O)N1CCN(CC(=O)NCc2ccccc2)CC1. The molecule has 0 radical (unpaired) electrons. The topological polar surface area (TPSA) is 64.7 Å². The van der Waals surface area contributed by atoms with Gasteiger partial charge in [-0.1, -0.05) is 30.3 Å². The van der Waals surface area contributed by atoms with E-state index in [1.54, 1.807) is 7.05 Å². The first-order chi connectivity index (χ1) is 10.7. The number of rotatable bonds is 6. The lowest BCUT2D eigenvalue weighted by Crippen LogP contribution is -2.52. The number of nitrogens with one attached hydrogen (secondary N) is 2. The standard InChI is InChI=1S/C16H24N4O2/c1-17-12-16(22)20-9-7-19(8-10-20)13-15(21)18-11-14-5-3-2-4-6-14/h2-6,17H,7-13H2,1H3,(H,18,21). The van der Waals surface area contributed by atoms with Crippen molar-refractivity contribution in [3.05, 3.63) is 35.9 Å². The monoisotopic (exact) mass is 304 g/mol. The van der Waals surface area contributed by atoms with E-state index in [9.17, 15) is 9.59 Å². The summed E-state index contributed by atoms with van der Waals surface area (Å²) in [5.41, 5.74) is 1.10. The van der Waals surface area contributed by atoms with Crippen molar-refractivity contribution in [2.75, 3.05) is 46.3 Å². The third-order valence-electron chi connectivity index (χ3n) is 3.75. The number of amides is 2. The van der Waals surface area contributed by atoms with Gasteiger partial charge in [0.25, 0.3) is 0 Å². The number of benzene rings is 1. The predicted octanol–water partition coefficient (Wildman–Crippen LogP) is -0.334. The molecule has 1 fully saturated rings. The van der Waals surface area contributed by atoms with E-state index in [1.807, 2.05) is 35.2 Å². The maximum atomic E-state index is 12.0. The molecule has 1 aromatic rings. The molecule has 1 aromatic carbocycles. The van der Waals surface area contributed by atoms with Crippen molar-refractivity contribution in [1.29, 1.82) is 0 Å². The van der Waals surface area contributed by atoms with Gasteiger partial charge in [0.1, 0.15) is 0 Å². The molecule has 0 saturated carbocycles. The summed E-state index contributed by atoms with van der Waals surface area (Å²) in [6.07, 6.45) is 0. The molecule has 22 heavy (non-hydrogen) atoms. The summed E-state index contributed by atoms with van der Waals surface area (Å²) in [5, 5.41) is 5.80. The van der Waals surface area contributed by atoms with Crippen molar-refractivity contribution in [2.24, 2.45) is 0 Å². The van der Waals surface area contributed by atoms with E-state index in [1.165, 1.54) is 0 Å². The van der Waals surface area contributed by atoms with E-state index in [0.717, 1.165) is 18.7 Å². The van der Waals surface area contributed by atoms with Gasteiger partial charge in [-0.2, -0.15) is 0 Å². The Labute approximate surface area is 131 Å². The number of hydrogen-bond acceptors (Lipinski definition) is 4. The first-order valence-electron chi connectivity index (χ1n) is 7.64. The molecular formula is C16H24N4O2. The Kier molecular flexibility index (Phi) is 6.36. The lowest BCUT2D eigenvalue weighted by molar-refractivity contribution is -0.132. The highest BCUT2D eigenvalue weighted by Crippen LogP contribution is 2.02. The van der Waals surface area contributed by atoms with E-state index in [0.29, 0.717) is 32.7 Å². The molecule has 2 rings (SSSR count). The van der Waals surface area contributed by atoms with Crippen LogP contribution in [0.5, 0.6) is 0 Å². The van der Waals surface area contributed by atoms with E-state index < -0.39 is 0 Å². The van der Waals surface area contributed by atoms with E-state index in [-0.39, 0.29) is 11.8 Å². The number of nitrogens with zero attached hydrogens (tertiary/aromatic N) is 2. The van der Waals surface area contributed by atoms with Gasteiger partial charge in [-0.25, -0.2) is 0 Å². The first kappa shape index (κ1) is 16.5. The van der Waals surface area contributed by atoms with Gasteiger partial charge in [0.05, 0.1) is 13.1 Å². The zero-order valence-electron chi connectivity index (χ0n) is 13.0. The van der Waals surface area contributed by atoms with Gasteiger partial charge in [-0.3, -0.25) is 14.5 Å². The highest BCUT2D eigenvalue weighted by molar-refractivity contribution is 5.79. The minimum Gasteiger partial charge on any atom is -0.351 e. The van der Waals surface area contributed by atoms with E-state index in [2.05, 4.69) is 15.5 Å². The summed E-state index contributed by atoms with van der Waals surface area (Å²) in [6.45, 7) is 4.18. The van der Waals surface area contributed by atoms with Gasteiger partial charge in [0.2, 0.25) is 11.8 Å². The maximum absolute atomic E-state index is 12.0. The number of piperazine rings is 1. The molecule has 120 valence electrons. The van der Waals surface area contributed by atoms with Crippen molar-refractivity contribution in [1.82, 2.24) is 20.4 Å². The third-order valence-corrected chi connectivity index (χ3v) is 3.75. The molecule has 0 bridgehead atoms. The van der Waals surface area contributed by atoms with Crippen LogP contribution in [0.2, 0.25) is 0 Å². The lowest BCUT2D eigenvalue weighted by atomic mass is 10.2. The molecular weight excluding hydrogens is 280 g/mol. The molecule has 0 spiro atoms. The van der Waals surface area contributed by atoms with Gasteiger partial charge >= 0.3 is 0 Å². The highest BCUT2D eigenvalue weighted by atomic mass is 16.2. The normalized spacial score (nSPS) is 15.6.